The SMILES string of the molecule is CC1=C(C(N)=O)c2cc(Cl)ccc2[N]1. The van der Waals surface area contributed by atoms with Crippen LogP contribution in [-0.2, 0) is 4.79 Å². The van der Waals surface area contributed by atoms with Crippen molar-refractivity contribution in [3.05, 3.63) is 34.5 Å². The quantitative estimate of drug-likeness (QED) is 0.750. The lowest BCUT2D eigenvalue weighted by atomic mass is 10.1. The number of carbonyl (C=O) groups is 1. The van der Waals surface area contributed by atoms with Crippen LogP contribution in [0.1, 0.15) is 12.5 Å². The predicted octanol–water partition coefficient (Wildman–Crippen LogP) is 1.81. The first-order chi connectivity index (χ1) is 6.59. The Morgan fingerprint density at radius 1 is 1.50 bits per heavy atom. The van der Waals surface area contributed by atoms with Gasteiger partial charge in [0.25, 0.3) is 5.91 Å². The Hall–Kier alpha value is -1.48. The molecule has 0 saturated heterocycles. The van der Waals surface area contributed by atoms with E-state index < -0.39 is 5.91 Å². The number of benzene rings is 1. The van der Waals surface area contributed by atoms with Crippen LogP contribution in [0.5, 0.6) is 0 Å². The molecule has 71 valence electrons. The second-order valence-electron chi connectivity index (χ2n) is 3.10. The van der Waals surface area contributed by atoms with Crippen LogP contribution in [0.2, 0.25) is 5.02 Å². The Morgan fingerprint density at radius 3 is 2.86 bits per heavy atom. The second kappa shape index (κ2) is 3.03. The fourth-order valence-electron chi connectivity index (χ4n) is 1.55. The van der Waals surface area contributed by atoms with Gasteiger partial charge in [-0.25, -0.2) is 0 Å². The molecule has 0 bridgehead atoms. The van der Waals surface area contributed by atoms with Crippen molar-refractivity contribution in [3.63, 3.8) is 0 Å². The van der Waals surface area contributed by atoms with Crippen molar-refractivity contribution >= 4 is 28.8 Å². The van der Waals surface area contributed by atoms with Crippen molar-refractivity contribution in [1.82, 2.24) is 5.32 Å². The van der Waals surface area contributed by atoms with Gasteiger partial charge in [-0.2, -0.15) is 0 Å². The molecule has 0 saturated carbocycles. The summed E-state index contributed by atoms with van der Waals surface area (Å²) in [5.41, 5.74) is 7.84. The summed E-state index contributed by atoms with van der Waals surface area (Å²) in [6.07, 6.45) is 0. The average Bonchev–Trinajstić information content (AvgIpc) is 2.40. The third-order valence-corrected chi connectivity index (χ3v) is 2.36. The Bertz CT molecular complexity index is 451. The molecule has 0 aliphatic carbocycles. The number of amides is 1. The van der Waals surface area contributed by atoms with E-state index in [0.717, 1.165) is 11.3 Å². The molecule has 1 heterocycles. The van der Waals surface area contributed by atoms with Crippen LogP contribution in [0, 0.1) is 0 Å². The molecule has 0 spiro atoms. The zero-order chi connectivity index (χ0) is 10.3. The molecular weight excluding hydrogens is 200 g/mol. The van der Waals surface area contributed by atoms with E-state index in [1.807, 2.05) is 0 Å². The highest BCUT2D eigenvalue weighted by Gasteiger charge is 2.23. The number of rotatable bonds is 1. The van der Waals surface area contributed by atoms with Crippen molar-refractivity contribution < 1.29 is 4.79 Å². The Morgan fingerprint density at radius 2 is 2.21 bits per heavy atom. The summed E-state index contributed by atoms with van der Waals surface area (Å²) in [6, 6.07) is 5.22. The van der Waals surface area contributed by atoms with Crippen LogP contribution >= 0.6 is 11.6 Å². The summed E-state index contributed by atoms with van der Waals surface area (Å²) >= 11 is 5.82. The van der Waals surface area contributed by atoms with E-state index in [1.54, 1.807) is 25.1 Å². The normalized spacial score (nSPS) is 13.9. The van der Waals surface area contributed by atoms with E-state index in [4.69, 9.17) is 17.3 Å². The van der Waals surface area contributed by atoms with Crippen LogP contribution < -0.4 is 11.1 Å². The van der Waals surface area contributed by atoms with Gasteiger partial charge in [0.15, 0.2) is 0 Å². The summed E-state index contributed by atoms with van der Waals surface area (Å²) in [5, 5.41) is 4.79. The van der Waals surface area contributed by atoms with Crippen LogP contribution in [0.4, 0.5) is 5.69 Å². The third-order valence-electron chi connectivity index (χ3n) is 2.12. The van der Waals surface area contributed by atoms with Gasteiger partial charge in [-0.3, -0.25) is 10.1 Å². The van der Waals surface area contributed by atoms with Gasteiger partial charge in [-0.05, 0) is 25.1 Å². The van der Waals surface area contributed by atoms with Gasteiger partial charge in [-0.1, -0.05) is 11.6 Å². The minimum Gasteiger partial charge on any atom is -0.366 e. The predicted molar refractivity (Wildman–Crippen MR) is 55.0 cm³/mol. The van der Waals surface area contributed by atoms with Gasteiger partial charge < -0.3 is 5.73 Å². The van der Waals surface area contributed by atoms with E-state index >= 15 is 0 Å². The molecule has 0 fully saturated rings. The van der Waals surface area contributed by atoms with E-state index in [2.05, 4.69) is 5.32 Å². The number of hydrogen-bond acceptors (Lipinski definition) is 1. The number of nitrogens with zero attached hydrogens (tertiary/aromatic N) is 1. The molecule has 1 aliphatic heterocycles. The number of halogens is 1. The molecule has 2 rings (SSSR count). The highest BCUT2D eigenvalue weighted by Crippen LogP contribution is 2.35. The zero-order valence-corrected chi connectivity index (χ0v) is 8.30. The van der Waals surface area contributed by atoms with Gasteiger partial charge in [0.2, 0.25) is 0 Å². The largest absolute Gasteiger partial charge is 0.366 e. The van der Waals surface area contributed by atoms with Crippen molar-refractivity contribution in [2.75, 3.05) is 0 Å². The molecular formula is C10H8ClN2O. The summed E-state index contributed by atoms with van der Waals surface area (Å²) in [7, 11) is 0. The maximum atomic E-state index is 11.1. The molecule has 2 N–H and O–H groups in total. The Kier molecular flexibility index (Phi) is 1.97. The van der Waals surface area contributed by atoms with E-state index in [-0.39, 0.29) is 0 Å². The molecule has 0 unspecified atom stereocenters. The molecule has 3 nitrogen and oxygen atoms in total. The number of allylic oxidation sites excluding steroid dienone is 1. The van der Waals surface area contributed by atoms with Crippen LogP contribution in [0.15, 0.2) is 23.9 Å². The molecule has 1 amide bonds. The molecule has 1 aromatic carbocycles. The monoisotopic (exact) mass is 207 g/mol. The lowest BCUT2D eigenvalue weighted by molar-refractivity contribution is -0.112. The number of nitrogens with two attached hydrogens (primary N) is 1. The molecule has 0 aromatic heterocycles. The van der Waals surface area contributed by atoms with Crippen molar-refractivity contribution in [1.29, 1.82) is 0 Å². The maximum absolute atomic E-state index is 11.1. The van der Waals surface area contributed by atoms with Gasteiger partial charge >= 0.3 is 0 Å². The first kappa shape index (κ1) is 9.09. The van der Waals surface area contributed by atoms with Crippen LogP contribution in [-0.4, -0.2) is 5.91 Å². The van der Waals surface area contributed by atoms with E-state index in [9.17, 15) is 4.79 Å². The first-order valence-electron chi connectivity index (χ1n) is 4.12. The van der Waals surface area contributed by atoms with Crippen molar-refractivity contribution in [3.8, 4) is 0 Å². The minimum absolute atomic E-state index is 0.461. The van der Waals surface area contributed by atoms with Gasteiger partial charge in [0.1, 0.15) is 0 Å². The van der Waals surface area contributed by atoms with Crippen molar-refractivity contribution in [2.45, 2.75) is 6.92 Å². The van der Waals surface area contributed by atoms with Gasteiger partial charge in [-0.15, -0.1) is 0 Å². The number of hydrogen-bond donors (Lipinski definition) is 1. The lowest BCUT2D eigenvalue weighted by Crippen LogP contribution is -2.12. The van der Waals surface area contributed by atoms with Crippen molar-refractivity contribution in [2.24, 2.45) is 5.73 Å². The van der Waals surface area contributed by atoms with E-state index in [0.29, 0.717) is 16.3 Å². The number of fused-ring (bicyclic) bond motifs is 1. The smallest absolute Gasteiger partial charge is 0.251 e. The number of primary amides is 1. The summed E-state index contributed by atoms with van der Waals surface area (Å²) in [6.45, 7) is 1.76. The Labute approximate surface area is 86.6 Å². The lowest BCUT2D eigenvalue weighted by Gasteiger charge is -2.00. The molecule has 1 aromatic rings. The fraction of sp³-hybridized carbons (Fsp3) is 0.100. The number of carbonyl (C=O) groups excluding carboxylic acids is 1. The second-order valence-corrected chi connectivity index (χ2v) is 3.53. The maximum Gasteiger partial charge on any atom is 0.251 e. The minimum atomic E-state index is -0.465. The molecule has 1 radical (unpaired) electrons. The summed E-state index contributed by atoms with van der Waals surface area (Å²) in [5.74, 6) is -0.465. The van der Waals surface area contributed by atoms with Gasteiger partial charge in [0.05, 0.1) is 17.0 Å². The first-order valence-corrected chi connectivity index (χ1v) is 4.49. The average molecular weight is 208 g/mol. The topological polar surface area (TPSA) is 57.2 Å². The third kappa shape index (κ3) is 1.26. The van der Waals surface area contributed by atoms with Gasteiger partial charge in [0, 0.05) is 10.6 Å². The standard InChI is InChI=1S/C10H8ClN2O/c1-5-9(10(12)14)7-4-6(11)2-3-8(7)13-5/h2-4H,1H3,(H2,12,14). The highest BCUT2D eigenvalue weighted by atomic mass is 35.5. The summed E-state index contributed by atoms with van der Waals surface area (Å²) < 4.78 is 0. The molecule has 14 heavy (non-hydrogen) atoms. The zero-order valence-electron chi connectivity index (χ0n) is 7.54. The fourth-order valence-corrected chi connectivity index (χ4v) is 1.72. The van der Waals surface area contributed by atoms with Crippen LogP contribution in [0.25, 0.3) is 5.57 Å². The molecule has 4 heteroatoms. The van der Waals surface area contributed by atoms with Crippen LogP contribution in [0.3, 0.4) is 0 Å². The highest BCUT2D eigenvalue weighted by molar-refractivity contribution is 6.31. The molecule has 1 aliphatic rings. The van der Waals surface area contributed by atoms with E-state index in [1.165, 1.54) is 0 Å². The Balaban J connectivity index is 2.61. The molecule has 0 atom stereocenters. The summed E-state index contributed by atoms with van der Waals surface area (Å²) in [4.78, 5) is 11.1.